The Labute approximate surface area is 180 Å². The molecule has 0 fully saturated rings. The molecule has 0 saturated heterocycles. The molecule has 0 bridgehead atoms. The topological polar surface area (TPSA) is 63.7 Å². The van der Waals surface area contributed by atoms with Crippen LogP contribution in [0.5, 0.6) is 0 Å². The zero-order valence-electron chi connectivity index (χ0n) is 14.6. The molecular formula is C21H11Cl2NO4S. The number of carbonyl (C=O) groups excluding carboxylic acids is 3. The molecule has 1 heterocycles. The summed E-state index contributed by atoms with van der Waals surface area (Å²) in [6.07, 6.45) is 0. The number of hydrogen-bond donors (Lipinski definition) is 0. The van der Waals surface area contributed by atoms with Crippen molar-refractivity contribution >= 4 is 52.7 Å². The van der Waals surface area contributed by atoms with Gasteiger partial charge in [0.2, 0.25) is 0 Å². The van der Waals surface area contributed by atoms with Crippen LogP contribution in [0.1, 0.15) is 31.1 Å². The van der Waals surface area contributed by atoms with Crippen LogP contribution < -0.4 is 0 Å². The number of nitrogens with zero attached hydrogens (tertiary/aromatic N) is 1. The quantitative estimate of drug-likeness (QED) is 0.497. The maximum atomic E-state index is 12.8. The molecule has 0 atom stereocenters. The van der Waals surface area contributed by atoms with E-state index in [4.69, 9.17) is 28.0 Å². The van der Waals surface area contributed by atoms with Crippen molar-refractivity contribution in [3.8, 4) is 0 Å². The number of rotatable bonds is 4. The van der Waals surface area contributed by atoms with Crippen LogP contribution in [0.4, 0.5) is 0 Å². The molecule has 1 aliphatic heterocycles. The van der Waals surface area contributed by atoms with Crippen molar-refractivity contribution in [2.24, 2.45) is 0 Å². The van der Waals surface area contributed by atoms with Gasteiger partial charge in [-0.1, -0.05) is 52.2 Å². The first-order chi connectivity index (χ1) is 13.9. The summed E-state index contributed by atoms with van der Waals surface area (Å²) in [4.78, 5) is 44.2. The van der Waals surface area contributed by atoms with Gasteiger partial charge in [-0.15, -0.1) is 0 Å². The summed E-state index contributed by atoms with van der Waals surface area (Å²) in [7, 11) is 0. The van der Waals surface area contributed by atoms with Crippen LogP contribution in [-0.2, 0) is 4.84 Å². The summed E-state index contributed by atoms with van der Waals surface area (Å²) in [5, 5.41) is 1.39. The van der Waals surface area contributed by atoms with E-state index in [1.54, 1.807) is 48.5 Å². The second kappa shape index (κ2) is 7.91. The molecule has 4 rings (SSSR count). The van der Waals surface area contributed by atoms with E-state index in [2.05, 4.69) is 0 Å². The normalized spacial score (nSPS) is 12.8. The first kappa shape index (κ1) is 19.5. The first-order valence-electron chi connectivity index (χ1n) is 8.37. The summed E-state index contributed by atoms with van der Waals surface area (Å²) in [5.41, 5.74) is 0.508. The van der Waals surface area contributed by atoms with Crippen LogP contribution >= 0.6 is 35.0 Å². The second-order valence-corrected chi connectivity index (χ2v) is 8.01. The lowest BCUT2D eigenvalue weighted by molar-refractivity contribution is -0.0586. The minimum Gasteiger partial charge on any atom is -0.324 e. The van der Waals surface area contributed by atoms with Gasteiger partial charge in [0, 0.05) is 19.8 Å². The highest BCUT2D eigenvalue weighted by Gasteiger charge is 2.39. The number of amides is 2. The largest absolute Gasteiger partial charge is 0.365 e. The Morgan fingerprint density at radius 3 is 2.03 bits per heavy atom. The molecule has 5 nitrogen and oxygen atoms in total. The second-order valence-electron chi connectivity index (χ2n) is 6.03. The van der Waals surface area contributed by atoms with Gasteiger partial charge in [0.1, 0.15) is 0 Å². The summed E-state index contributed by atoms with van der Waals surface area (Å²) < 4.78 is 0. The third kappa shape index (κ3) is 3.87. The highest BCUT2D eigenvalue weighted by atomic mass is 35.5. The highest BCUT2D eigenvalue weighted by molar-refractivity contribution is 7.99. The third-order valence-electron chi connectivity index (χ3n) is 4.13. The van der Waals surface area contributed by atoms with Crippen molar-refractivity contribution in [1.29, 1.82) is 0 Å². The molecule has 2 amide bonds. The van der Waals surface area contributed by atoms with Gasteiger partial charge in [-0.05, 0) is 54.6 Å². The van der Waals surface area contributed by atoms with E-state index in [-0.39, 0.29) is 16.7 Å². The zero-order chi connectivity index (χ0) is 20.5. The minimum atomic E-state index is -0.863. The SMILES string of the molecule is O=C(ON1C(=O)c2ccccc2C1=O)c1cc(Cl)ccc1Sc1ccc(Cl)cc1. The molecule has 3 aromatic carbocycles. The number of halogens is 2. The molecule has 0 spiro atoms. The van der Waals surface area contributed by atoms with E-state index in [9.17, 15) is 14.4 Å². The van der Waals surface area contributed by atoms with Gasteiger partial charge in [-0.2, -0.15) is 0 Å². The summed E-state index contributed by atoms with van der Waals surface area (Å²) in [6.45, 7) is 0. The molecule has 0 aromatic heterocycles. The van der Waals surface area contributed by atoms with E-state index >= 15 is 0 Å². The van der Waals surface area contributed by atoms with Gasteiger partial charge >= 0.3 is 5.97 Å². The lowest BCUT2D eigenvalue weighted by Crippen LogP contribution is -2.32. The average molecular weight is 444 g/mol. The smallest absolute Gasteiger partial charge is 0.324 e. The van der Waals surface area contributed by atoms with Gasteiger partial charge in [0.25, 0.3) is 11.8 Å². The minimum absolute atomic E-state index is 0.133. The van der Waals surface area contributed by atoms with Crippen molar-refractivity contribution in [3.63, 3.8) is 0 Å². The Balaban J connectivity index is 1.61. The van der Waals surface area contributed by atoms with E-state index in [0.717, 1.165) is 4.90 Å². The molecule has 0 radical (unpaired) electrons. The van der Waals surface area contributed by atoms with Gasteiger partial charge in [0.15, 0.2) is 0 Å². The maximum Gasteiger partial charge on any atom is 0.365 e. The van der Waals surface area contributed by atoms with Gasteiger partial charge in [0.05, 0.1) is 16.7 Å². The van der Waals surface area contributed by atoms with Gasteiger partial charge < -0.3 is 4.84 Å². The maximum absolute atomic E-state index is 12.8. The fraction of sp³-hybridized carbons (Fsp3) is 0. The Hall–Kier alpha value is -2.80. The molecule has 1 aliphatic rings. The molecule has 144 valence electrons. The molecular weight excluding hydrogens is 433 g/mol. The Bertz CT molecular complexity index is 1110. The highest BCUT2D eigenvalue weighted by Crippen LogP contribution is 2.33. The molecule has 0 saturated carbocycles. The van der Waals surface area contributed by atoms with E-state index in [0.29, 0.717) is 20.0 Å². The van der Waals surface area contributed by atoms with Crippen LogP contribution in [0, 0.1) is 0 Å². The van der Waals surface area contributed by atoms with Crippen molar-refractivity contribution in [2.75, 3.05) is 0 Å². The van der Waals surface area contributed by atoms with Crippen LogP contribution in [0.25, 0.3) is 0 Å². The lowest BCUT2D eigenvalue weighted by atomic mass is 10.1. The summed E-state index contributed by atoms with van der Waals surface area (Å²) in [5.74, 6) is -2.24. The molecule has 8 heteroatoms. The van der Waals surface area contributed by atoms with Crippen LogP contribution in [-0.4, -0.2) is 22.8 Å². The van der Waals surface area contributed by atoms with Crippen LogP contribution in [0.3, 0.4) is 0 Å². The average Bonchev–Trinajstić information content (AvgIpc) is 2.96. The lowest BCUT2D eigenvalue weighted by Gasteiger charge is -2.14. The molecule has 29 heavy (non-hydrogen) atoms. The van der Waals surface area contributed by atoms with Crippen LogP contribution in [0.2, 0.25) is 10.0 Å². The number of hydrogen-bond acceptors (Lipinski definition) is 5. The predicted molar refractivity (Wildman–Crippen MR) is 109 cm³/mol. The van der Waals surface area contributed by atoms with Gasteiger partial charge in [-0.3, -0.25) is 9.59 Å². The summed E-state index contributed by atoms with van der Waals surface area (Å²) >= 11 is 13.3. The van der Waals surface area contributed by atoms with Crippen molar-refractivity contribution in [3.05, 3.63) is 93.5 Å². The molecule has 3 aromatic rings. The fourth-order valence-corrected chi connectivity index (χ4v) is 3.97. The van der Waals surface area contributed by atoms with Crippen LogP contribution in [0.15, 0.2) is 76.5 Å². The van der Waals surface area contributed by atoms with E-state index in [1.165, 1.54) is 30.0 Å². The number of hydroxylamine groups is 2. The number of fused-ring (bicyclic) bond motifs is 1. The fourth-order valence-electron chi connectivity index (χ4n) is 2.76. The zero-order valence-corrected chi connectivity index (χ0v) is 16.9. The van der Waals surface area contributed by atoms with Crippen molar-refractivity contribution < 1.29 is 19.2 Å². The van der Waals surface area contributed by atoms with Crippen molar-refractivity contribution in [2.45, 2.75) is 9.79 Å². The Morgan fingerprint density at radius 2 is 1.41 bits per heavy atom. The number of imide groups is 1. The number of carbonyl (C=O) groups is 3. The van der Waals surface area contributed by atoms with E-state index < -0.39 is 17.8 Å². The number of benzene rings is 3. The monoisotopic (exact) mass is 443 g/mol. The molecule has 0 N–H and O–H groups in total. The summed E-state index contributed by atoms with van der Waals surface area (Å²) in [6, 6.07) is 18.1. The van der Waals surface area contributed by atoms with Crippen molar-refractivity contribution in [1.82, 2.24) is 5.06 Å². The predicted octanol–water partition coefficient (Wildman–Crippen LogP) is 5.51. The third-order valence-corrected chi connectivity index (χ3v) is 5.70. The van der Waals surface area contributed by atoms with E-state index in [1.807, 2.05) is 0 Å². The Kier molecular flexibility index (Phi) is 5.32. The van der Waals surface area contributed by atoms with Gasteiger partial charge in [-0.25, -0.2) is 4.79 Å². The standard InChI is InChI=1S/C21H11Cl2NO4S/c22-12-5-8-14(9-6-12)29-18-10-7-13(23)11-17(18)21(27)28-24-19(25)15-3-1-2-4-16(15)20(24)26/h1-11H. The molecule has 0 unspecified atom stereocenters. The Morgan fingerprint density at radius 1 is 0.828 bits per heavy atom. The molecule has 0 aliphatic carbocycles. The first-order valence-corrected chi connectivity index (χ1v) is 9.94.